The zero-order valence-electron chi connectivity index (χ0n) is 20.3. The first kappa shape index (κ1) is 26.3. The average Bonchev–Trinajstić information content (AvgIpc) is 3.17. The molecule has 1 aliphatic rings. The summed E-state index contributed by atoms with van der Waals surface area (Å²) >= 11 is 6.60. The van der Waals surface area contributed by atoms with Crippen molar-refractivity contribution in [2.24, 2.45) is 5.92 Å². The van der Waals surface area contributed by atoms with Crippen LogP contribution >= 0.6 is 11.6 Å². The number of cyclic esters (lactones) is 1. The van der Waals surface area contributed by atoms with Gasteiger partial charge in [0.25, 0.3) is 0 Å². The Morgan fingerprint density at radius 3 is 2.53 bits per heavy atom. The third-order valence-electron chi connectivity index (χ3n) is 5.98. The number of carbonyl (C=O) groups is 2. The van der Waals surface area contributed by atoms with Gasteiger partial charge in [0.2, 0.25) is 5.91 Å². The normalized spacial score (nSPS) is 16.6. The first-order valence-corrected chi connectivity index (χ1v) is 12.3. The molecule has 1 unspecified atom stereocenters. The number of amides is 2. The van der Waals surface area contributed by atoms with Crippen molar-refractivity contribution in [3.63, 3.8) is 0 Å². The van der Waals surface area contributed by atoms with E-state index in [0.29, 0.717) is 29.5 Å². The van der Waals surface area contributed by atoms with Gasteiger partial charge in [0.1, 0.15) is 6.61 Å². The van der Waals surface area contributed by atoms with Crippen LogP contribution in [0.3, 0.4) is 0 Å². The van der Waals surface area contributed by atoms with Crippen molar-refractivity contribution in [3.05, 3.63) is 64.7 Å². The van der Waals surface area contributed by atoms with Crippen LogP contribution in [0.1, 0.15) is 45.2 Å². The van der Waals surface area contributed by atoms with Crippen LogP contribution < -0.4 is 5.46 Å². The molecule has 0 bridgehead atoms. The maximum Gasteiger partial charge on any atom is 0.495 e. The number of hydrogen-bond donors (Lipinski definition) is 0. The summed E-state index contributed by atoms with van der Waals surface area (Å²) < 4.78 is 17.2. The minimum atomic E-state index is -0.599. The van der Waals surface area contributed by atoms with Crippen LogP contribution in [0.15, 0.2) is 48.5 Å². The Morgan fingerprint density at radius 2 is 1.91 bits per heavy atom. The van der Waals surface area contributed by atoms with Crippen molar-refractivity contribution in [1.82, 2.24) is 4.90 Å². The third kappa shape index (κ3) is 6.62. The van der Waals surface area contributed by atoms with Gasteiger partial charge in [-0.25, -0.2) is 9.69 Å². The minimum absolute atomic E-state index is 0.0385. The lowest BCUT2D eigenvalue weighted by atomic mass is 9.77. The first-order chi connectivity index (χ1) is 16.3. The molecule has 2 atom stereocenters. The number of halogens is 1. The van der Waals surface area contributed by atoms with Crippen molar-refractivity contribution in [2.75, 3.05) is 13.2 Å². The molecule has 0 radical (unpaired) electrons. The summed E-state index contributed by atoms with van der Waals surface area (Å²) in [6.07, 6.45) is 0.903. The summed E-state index contributed by atoms with van der Waals surface area (Å²) in [6, 6.07) is 14.8. The highest BCUT2D eigenvalue weighted by Crippen LogP contribution is 2.21. The molecule has 34 heavy (non-hydrogen) atoms. The van der Waals surface area contributed by atoms with E-state index in [1.54, 1.807) is 6.07 Å². The SMILES string of the molecule is CCOB(OC(CC)C(C)C)c1ccc(CC(=O)N2C(=O)OC[C@@H]2Cc2ccccc2)cc1Cl. The molecule has 2 aromatic carbocycles. The molecular formula is C26H33BClNO5. The number of nitrogens with zero attached hydrogens (tertiary/aromatic N) is 1. The highest BCUT2D eigenvalue weighted by atomic mass is 35.5. The highest BCUT2D eigenvalue weighted by molar-refractivity contribution is 6.65. The second-order valence-electron chi connectivity index (χ2n) is 8.83. The number of hydrogen-bond acceptors (Lipinski definition) is 5. The van der Waals surface area contributed by atoms with E-state index in [1.807, 2.05) is 49.4 Å². The standard InChI is InChI=1S/C26H33BClNO5/c1-5-24(18(3)4)34-27(33-6-2)22-13-12-20(15-23(22)28)16-25(30)29-21(17-32-26(29)31)14-19-10-8-7-9-11-19/h7-13,15,18,21,24H,5-6,14,16-17H2,1-4H3/t21-,24?/m0/s1. The third-order valence-corrected chi connectivity index (χ3v) is 6.31. The summed E-state index contributed by atoms with van der Waals surface area (Å²) in [5.41, 5.74) is 2.48. The first-order valence-electron chi connectivity index (χ1n) is 11.9. The van der Waals surface area contributed by atoms with E-state index >= 15 is 0 Å². The molecule has 0 aliphatic carbocycles. The molecule has 6 nitrogen and oxygen atoms in total. The molecular weight excluding hydrogens is 453 g/mol. The Hall–Kier alpha value is -2.35. The Bertz CT molecular complexity index is 971. The smallest absolute Gasteiger partial charge is 0.447 e. The second kappa shape index (κ2) is 12.4. The van der Waals surface area contributed by atoms with Crippen molar-refractivity contribution < 1.29 is 23.6 Å². The molecule has 1 saturated heterocycles. The molecule has 3 rings (SSSR count). The van der Waals surface area contributed by atoms with Gasteiger partial charge in [-0.15, -0.1) is 0 Å². The molecule has 1 heterocycles. The van der Waals surface area contributed by atoms with Gasteiger partial charge < -0.3 is 14.0 Å². The molecule has 2 amide bonds. The summed E-state index contributed by atoms with van der Waals surface area (Å²) in [5.74, 6) is 0.0309. The minimum Gasteiger partial charge on any atom is -0.447 e. The van der Waals surface area contributed by atoms with Gasteiger partial charge in [-0.2, -0.15) is 0 Å². The topological polar surface area (TPSA) is 65.1 Å². The summed E-state index contributed by atoms with van der Waals surface area (Å²) in [6.45, 7) is 8.90. The van der Waals surface area contributed by atoms with E-state index in [0.717, 1.165) is 17.4 Å². The van der Waals surface area contributed by atoms with Crippen LogP contribution in [0.25, 0.3) is 0 Å². The van der Waals surface area contributed by atoms with E-state index in [9.17, 15) is 9.59 Å². The number of imide groups is 1. The van der Waals surface area contributed by atoms with E-state index in [-0.39, 0.29) is 31.1 Å². The monoisotopic (exact) mass is 485 g/mol. The van der Waals surface area contributed by atoms with E-state index in [1.165, 1.54) is 4.90 Å². The fraction of sp³-hybridized carbons (Fsp3) is 0.462. The number of ether oxygens (including phenoxy) is 1. The van der Waals surface area contributed by atoms with Gasteiger partial charge in [-0.05, 0) is 42.9 Å². The zero-order valence-corrected chi connectivity index (χ0v) is 21.1. The zero-order chi connectivity index (χ0) is 24.7. The van der Waals surface area contributed by atoms with E-state index in [4.69, 9.17) is 25.6 Å². The van der Waals surface area contributed by atoms with Crippen molar-refractivity contribution in [1.29, 1.82) is 0 Å². The fourth-order valence-corrected chi connectivity index (χ4v) is 4.46. The van der Waals surface area contributed by atoms with Gasteiger partial charge in [0.15, 0.2) is 0 Å². The summed E-state index contributed by atoms with van der Waals surface area (Å²) in [7, 11) is -0.585. The van der Waals surface area contributed by atoms with Crippen molar-refractivity contribution >= 4 is 36.2 Å². The predicted molar refractivity (Wildman–Crippen MR) is 134 cm³/mol. The van der Waals surface area contributed by atoms with Crippen LogP contribution in [-0.2, 0) is 31.7 Å². The van der Waals surface area contributed by atoms with Gasteiger partial charge >= 0.3 is 13.2 Å². The Labute approximate surface area is 207 Å². The van der Waals surface area contributed by atoms with Crippen LogP contribution in [0.2, 0.25) is 5.02 Å². The number of carbonyl (C=O) groups excluding carboxylic acids is 2. The Balaban J connectivity index is 1.72. The predicted octanol–water partition coefficient (Wildman–Crippen LogP) is 4.66. The Morgan fingerprint density at radius 1 is 1.18 bits per heavy atom. The lowest BCUT2D eigenvalue weighted by molar-refractivity contribution is -0.128. The van der Waals surface area contributed by atoms with Gasteiger partial charge in [0.05, 0.1) is 12.5 Å². The number of benzene rings is 2. The van der Waals surface area contributed by atoms with E-state index < -0.39 is 13.2 Å². The van der Waals surface area contributed by atoms with Crippen LogP contribution in [0, 0.1) is 5.92 Å². The van der Waals surface area contributed by atoms with Gasteiger partial charge in [-0.1, -0.05) is 74.8 Å². The van der Waals surface area contributed by atoms with Crippen LogP contribution in [0.5, 0.6) is 0 Å². The van der Waals surface area contributed by atoms with Crippen LogP contribution in [0.4, 0.5) is 4.79 Å². The van der Waals surface area contributed by atoms with Crippen molar-refractivity contribution in [3.8, 4) is 0 Å². The second-order valence-corrected chi connectivity index (χ2v) is 9.24. The molecule has 0 N–H and O–H groups in total. The fourth-order valence-electron chi connectivity index (χ4n) is 4.17. The quantitative estimate of drug-likeness (QED) is 0.433. The molecule has 0 saturated carbocycles. The molecule has 8 heteroatoms. The molecule has 182 valence electrons. The number of rotatable bonds is 11. The maximum atomic E-state index is 13.1. The average molecular weight is 486 g/mol. The molecule has 0 aromatic heterocycles. The lowest BCUT2D eigenvalue weighted by Crippen LogP contribution is -2.42. The summed E-state index contributed by atoms with van der Waals surface area (Å²) in [5, 5.41) is 0.465. The largest absolute Gasteiger partial charge is 0.495 e. The molecule has 1 aliphatic heterocycles. The van der Waals surface area contributed by atoms with Gasteiger partial charge in [-0.3, -0.25) is 4.79 Å². The Kier molecular flexibility index (Phi) is 9.57. The summed E-state index contributed by atoms with van der Waals surface area (Å²) in [4.78, 5) is 26.6. The van der Waals surface area contributed by atoms with Crippen molar-refractivity contribution in [2.45, 2.75) is 59.1 Å². The maximum absolute atomic E-state index is 13.1. The lowest BCUT2D eigenvalue weighted by Gasteiger charge is -2.25. The highest BCUT2D eigenvalue weighted by Gasteiger charge is 2.38. The van der Waals surface area contributed by atoms with E-state index in [2.05, 4.69) is 20.8 Å². The molecule has 1 fully saturated rings. The molecule has 0 spiro atoms. The molecule has 2 aromatic rings. The van der Waals surface area contributed by atoms with Gasteiger partial charge in [0, 0.05) is 23.2 Å². The van der Waals surface area contributed by atoms with Crippen LogP contribution in [-0.4, -0.2) is 49.4 Å².